The minimum atomic E-state index is 0.240. The Bertz CT molecular complexity index is 619. The van der Waals surface area contributed by atoms with Crippen LogP contribution in [0.2, 0.25) is 0 Å². The van der Waals surface area contributed by atoms with Crippen molar-refractivity contribution < 1.29 is 5.11 Å². The Morgan fingerprint density at radius 2 is 1.89 bits per heavy atom. The van der Waals surface area contributed by atoms with Gasteiger partial charge in [0, 0.05) is 6.54 Å². The number of hydrogen-bond acceptors (Lipinski definition) is 2. The quantitative estimate of drug-likeness (QED) is 0.817. The molecule has 0 amide bonds. The molecule has 3 rings (SSSR count). The zero-order valence-corrected chi connectivity index (χ0v) is 11.4. The molecule has 0 aromatic heterocycles. The number of phenols is 1. The van der Waals surface area contributed by atoms with Crippen LogP contribution in [0.3, 0.4) is 0 Å². The van der Waals surface area contributed by atoms with Crippen LogP contribution < -0.4 is 5.32 Å². The summed E-state index contributed by atoms with van der Waals surface area (Å²) in [5.74, 6) is 0.361. The summed E-state index contributed by atoms with van der Waals surface area (Å²) in [6.45, 7) is 5.24. The number of aromatic hydroxyl groups is 1. The molecule has 2 nitrogen and oxygen atoms in total. The molecule has 2 heteroatoms. The SMILES string of the molecule is Cc1ccc(C)c(C2NCCc3cc(O)ccc32)c1. The molecule has 0 fully saturated rings. The first-order chi connectivity index (χ1) is 9.15. The molecular weight excluding hydrogens is 234 g/mol. The maximum atomic E-state index is 9.62. The molecule has 1 aliphatic rings. The van der Waals surface area contributed by atoms with Crippen molar-refractivity contribution in [3.63, 3.8) is 0 Å². The second-order valence-electron chi connectivity index (χ2n) is 5.38. The van der Waals surface area contributed by atoms with Crippen molar-refractivity contribution >= 4 is 0 Å². The molecule has 0 radical (unpaired) electrons. The fourth-order valence-electron chi connectivity index (χ4n) is 2.90. The van der Waals surface area contributed by atoms with Crippen LogP contribution in [0.25, 0.3) is 0 Å². The third-order valence-corrected chi connectivity index (χ3v) is 3.93. The van der Waals surface area contributed by atoms with Crippen molar-refractivity contribution in [2.75, 3.05) is 6.54 Å². The fraction of sp³-hybridized carbons (Fsp3) is 0.294. The maximum absolute atomic E-state index is 9.62. The lowest BCUT2D eigenvalue weighted by Crippen LogP contribution is -2.31. The normalized spacial score (nSPS) is 18.1. The van der Waals surface area contributed by atoms with E-state index in [0.717, 1.165) is 13.0 Å². The lowest BCUT2D eigenvalue weighted by Gasteiger charge is -2.29. The third-order valence-electron chi connectivity index (χ3n) is 3.93. The molecule has 0 spiro atoms. The number of phenolic OH excluding ortho intramolecular Hbond substituents is 1. The van der Waals surface area contributed by atoms with Gasteiger partial charge in [-0.05, 0) is 54.7 Å². The van der Waals surface area contributed by atoms with Gasteiger partial charge in [0.25, 0.3) is 0 Å². The average molecular weight is 253 g/mol. The summed E-state index contributed by atoms with van der Waals surface area (Å²) in [5.41, 5.74) is 6.48. The second kappa shape index (κ2) is 4.71. The largest absolute Gasteiger partial charge is 0.508 e. The predicted molar refractivity (Wildman–Crippen MR) is 77.6 cm³/mol. The van der Waals surface area contributed by atoms with Crippen molar-refractivity contribution in [2.45, 2.75) is 26.3 Å². The van der Waals surface area contributed by atoms with Gasteiger partial charge in [0.2, 0.25) is 0 Å². The van der Waals surface area contributed by atoms with Crippen LogP contribution >= 0.6 is 0 Å². The zero-order chi connectivity index (χ0) is 13.4. The third kappa shape index (κ3) is 2.24. The first-order valence-electron chi connectivity index (χ1n) is 6.77. The van der Waals surface area contributed by atoms with Crippen LogP contribution in [0.1, 0.15) is 33.9 Å². The van der Waals surface area contributed by atoms with Crippen molar-refractivity contribution in [3.05, 3.63) is 64.2 Å². The van der Waals surface area contributed by atoms with Gasteiger partial charge in [-0.3, -0.25) is 0 Å². The summed E-state index contributed by atoms with van der Waals surface area (Å²) in [6, 6.07) is 12.6. The van der Waals surface area contributed by atoms with Crippen LogP contribution in [0.4, 0.5) is 0 Å². The molecular formula is C17H19NO. The molecule has 0 aliphatic carbocycles. The molecule has 2 aromatic carbocycles. The molecule has 98 valence electrons. The Morgan fingerprint density at radius 1 is 1.05 bits per heavy atom. The number of fused-ring (bicyclic) bond motifs is 1. The zero-order valence-electron chi connectivity index (χ0n) is 11.4. The molecule has 1 heterocycles. The Morgan fingerprint density at radius 3 is 2.74 bits per heavy atom. The predicted octanol–water partition coefficient (Wildman–Crippen LogP) is 3.24. The van der Waals surface area contributed by atoms with E-state index in [9.17, 15) is 5.11 Å². The van der Waals surface area contributed by atoms with Gasteiger partial charge in [0.1, 0.15) is 5.75 Å². The van der Waals surface area contributed by atoms with E-state index in [1.54, 1.807) is 6.07 Å². The maximum Gasteiger partial charge on any atom is 0.115 e. The van der Waals surface area contributed by atoms with E-state index in [0.29, 0.717) is 5.75 Å². The van der Waals surface area contributed by atoms with Gasteiger partial charge < -0.3 is 10.4 Å². The monoisotopic (exact) mass is 253 g/mol. The number of rotatable bonds is 1. The topological polar surface area (TPSA) is 32.3 Å². The van der Waals surface area contributed by atoms with E-state index in [4.69, 9.17) is 0 Å². The van der Waals surface area contributed by atoms with Crippen LogP contribution in [-0.2, 0) is 6.42 Å². The summed E-state index contributed by atoms with van der Waals surface area (Å²) in [5, 5.41) is 13.2. The van der Waals surface area contributed by atoms with Gasteiger partial charge >= 0.3 is 0 Å². The minimum Gasteiger partial charge on any atom is -0.508 e. The van der Waals surface area contributed by atoms with Gasteiger partial charge in [0.05, 0.1) is 6.04 Å². The van der Waals surface area contributed by atoms with Gasteiger partial charge in [-0.25, -0.2) is 0 Å². The van der Waals surface area contributed by atoms with Gasteiger partial charge in [-0.15, -0.1) is 0 Å². The van der Waals surface area contributed by atoms with E-state index < -0.39 is 0 Å². The molecule has 19 heavy (non-hydrogen) atoms. The van der Waals surface area contributed by atoms with E-state index in [2.05, 4.69) is 37.4 Å². The highest BCUT2D eigenvalue weighted by atomic mass is 16.3. The summed E-state index contributed by atoms with van der Waals surface area (Å²) >= 11 is 0. The summed E-state index contributed by atoms with van der Waals surface area (Å²) in [6.07, 6.45) is 0.977. The Balaban J connectivity index is 2.11. The molecule has 1 aliphatic heterocycles. The lowest BCUT2D eigenvalue weighted by atomic mass is 9.87. The summed E-state index contributed by atoms with van der Waals surface area (Å²) in [7, 11) is 0. The van der Waals surface area contributed by atoms with Crippen LogP contribution in [0, 0.1) is 13.8 Å². The van der Waals surface area contributed by atoms with Gasteiger partial charge in [-0.1, -0.05) is 29.8 Å². The summed E-state index contributed by atoms with van der Waals surface area (Å²) in [4.78, 5) is 0. The second-order valence-corrected chi connectivity index (χ2v) is 5.38. The molecule has 2 N–H and O–H groups in total. The highest BCUT2D eigenvalue weighted by molar-refractivity contribution is 5.45. The van der Waals surface area contributed by atoms with Crippen molar-refractivity contribution in [1.82, 2.24) is 5.32 Å². The first kappa shape index (κ1) is 12.2. The number of benzene rings is 2. The van der Waals surface area contributed by atoms with E-state index in [1.807, 2.05) is 12.1 Å². The van der Waals surface area contributed by atoms with Crippen molar-refractivity contribution in [3.8, 4) is 5.75 Å². The average Bonchev–Trinajstić information content (AvgIpc) is 2.40. The van der Waals surface area contributed by atoms with Crippen LogP contribution in [0.5, 0.6) is 5.75 Å². The Kier molecular flexibility index (Phi) is 3.03. The molecule has 0 saturated carbocycles. The van der Waals surface area contributed by atoms with Gasteiger partial charge in [-0.2, -0.15) is 0 Å². The molecule has 1 unspecified atom stereocenters. The molecule has 0 saturated heterocycles. The standard InChI is InChI=1S/C17H19NO/c1-11-3-4-12(2)16(9-11)17-15-6-5-14(19)10-13(15)7-8-18-17/h3-6,9-10,17-19H,7-8H2,1-2H3. The highest BCUT2D eigenvalue weighted by Gasteiger charge is 2.22. The number of nitrogens with one attached hydrogen (secondary N) is 1. The smallest absolute Gasteiger partial charge is 0.115 e. The molecule has 0 bridgehead atoms. The summed E-state index contributed by atoms with van der Waals surface area (Å²) < 4.78 is 0. The fourth-order valence-corrected chi connectivity index (χ4v) is 2.90. The van der Waals surface area contributed by atoms with Crippen LogP contribution in [-0.4, -0.2) is 11.7 Å². The van der Waals surface area contributed by atoms with Crippen molar-refractivity contribution in [2.24, 2.45) is 0 Å². The van der Waals surface area contributed by atoms with E-state index in [1.165, 1.54) is 27.8 Å². The Hall–Kier alpha value is -1.80. The Labute approximate surface area is 114 Å². The molecule has 1 atom stereocenters. The van der Waals surface area contributed by atoms with E-state index in [-0.39, 0.29) is 6.04 Å². The van der Waals surface area contributed by atoms with Crippen molar-refractivity contribution in [1.29, 1.82) is 0 Å². The van der Waals surface area contributed by atoms with E-state index >= 15 is 0 Å². The number of hydrogen-bond donors (Lipinski definition) is 2. The minimum absolute atomic E-state index is 0.240. The highest BCUT2D eigenvalue weighted by Crippen LogP contribution is 2.32. The van der Waals surface area contributed by atoms with Gasteiger partial charge in [0.15, 0.2) is 0 Å². The first-order valence-corrected chi connectivity index (χ1v) is 6.77. The number of aryl methyl sites for hydroxylation is 2. The van der Waals surface area contributed by atoms with Crippen LogP contribution in [0.15, 0.2) is 36.4 Å². The lowest BCUT2D eigenvalue weighted by molar-refractivity contribution is 0.471. The molecule has 2 aromatic rings.